The number of nitrogens with zero attached hydrogens (tertiary/aromatic N) is 2. The molecule has 1 aromatic carbocycles. The number of likely N-dealkylation sites (N-methyl/N-ethyl adjacent to an activating group) is 1. The number of hydrogen-bond acceptors (Lipinski definition) is 4. The average Bonchev–Trinajstić information content (AvgIpc) is 2.46. The Morgan fingerprint density at radius 3 is 2.86 bits per heavy atom. The predicted molar refractivity (Wildman–Crippen MR) is 84.1 cm³/mol. The van der Waals surface area contributed by atoms with Gasteiger partial charge < -0.3 is 10.2 Å². The van der Waals surface area contributed by atoms with Gasteiger partial charge in [0.05, 0.1) is 4.90 Å². The van der Waals surface area contributed by atoms with Crippen LogP contribution in [0, 0.1) is 0 Å². The highest BCUT2D eigenvalue weighted by Gasteiger charge is 2.34. The van der Waals surface area contributed by atoms with Crippen molar-refractivity contribution in [3.63, 3.8) is 0 Å². The Balaban J connectivity index is 1.99. The lowest BCUT2D eigenvalue weighted by molar-refractivity contribution is 0.170. The summed E-state index contributed by atoms with van der Waals surface area (Å²) in [5.74, 6) is 0. The number of piperazine rings is 1. The molecular formula is C15H23N3O2S. The standard InChI is InChI=1S/C15H23N3O2S/c1-12-11-17(2)9-10-18(12)21(19,20)15-7-3-6-14-13(15)5-4-8-16-14/h3,6-7,12,16H,4-5,8-11H2,1-2H3. The molecule has 5 nitrogen and oxygen atoms in total. The number of benzene rings is 1. The molecule has 0 aliphatic carbocycles. The fourth-order valence-corrected chi connectivity index (χ4v) is 5.21. The van der Waals surface area contributed by atoms with E-state index in [4.69, 9.17) is 0 Å². The molecule has 3 rings (SSSR count). The highest BCUT2D eigenvalue weighted by molar-refractivity contribution is 7.89. The first-order valence-corrected chi connectivity index (χ1v) is 9.00. The molecule has 1 saturated heterocycles. The van der Waals surface area contributed by atoms with E-state index in [0.29, 0.717) is 11.4 Å². The number of anilines is 1. The van der Waals surface area contributed by atoms with E-state index in [-0.39, 0.29) is 6.04 Å². The van der Waals surface area contributed by atoms with Crippen LogP contribution in [0.3, 0.4) is 0 Å². The summed E-state index contributed by atoms with van der Waals surface area (Å²) >= 11 is 0. The summed E-state index contributed by atoms with van der Waals surface area (Å²) in [4.78, 5) is 2.67. The minimum Gasteiger partial charge on any atom is -0.385 e. The monoisotopic (exact) mass is 309 g/mol. The van der Waals surface area contributed by atoms with Crippen LogP contribution >= 0.6 is 0 Å². The van der Waals surface area contributed by atoms with Crippen molar-refractivity contribution >= 4 is 15.7 Å². The van der Waals surface area contributed by atoms with Gasteiger partial charge in [0.2, 0.25) is 10.0 Å². The van der Waals surface area contributed by atoms with E-state index in [0.717, 1.165) is 43.7 Å². The average molecular weight is 309 g/mol. The largest absolute Gasteiger partial charge is 0.385 e. The third-order valence-corrected chi connectivity index (χ3v) is 6.51. The molecule has 0 radical (unpaired) electrons. The van der Waals surface area contributed by atoms with Crippen molar-refractivity contribution in [3.8, 4) is 0 Å². The van der Waals surface area contributed by atoms with Gasteiger partial charge in [0.25, 0.3) is 0 Å². The number of fused-ring (bicyclic) bond motifs is 1. The topological polar surface area (TPSA) is 52.7 Å². The van der Waals surface area contributed by atoms with Crippen LogP contribution in [0.4, 0.5) is 5.69 Å². The Labute approximate surface area is 127 Å². The Morgan fingerprint density at radius 2 is 2.10 bits per heavy atom. The van der Waals surface area contributed by atoms with Gasteiger partial charge in [0, 0.05) is 37.9 Å². The first-order chi connectivity index (χ1) is 10.00. The lowest BCUT2D eigenvalue weighted by Crippen LogP contribution is -2.52. The summed E-state index contributed by atoms with van der Waals surface area (Å²) in [7, 11) is -1.37. The minimum atomic E-state index is -3.41. The summed E-state index contributed by atoms with van der Waals surface area (Å²) < 4.78 is 27.8. The SMILES string of the molecule is CC1CN(C)CCN1S(=O)(=O)c1cccc2c1CCCN2. The maximum absolute atomic E-state index is 13.1. The van der Waals surface area contributed by atoms with Gasteiger partial charge in [-0.1, -0.05) is 6.07 Å². The molecule has 2 heterocycles. The molecule has 0 saturated carbocycles. The molecule has 21 heavy (non-hydrogen) atoms. The number of rotatable bonds is 2. The summed E-state index contributed by atoms with van der Waals surface area (Å²) in [5.41, 5.74) is 1.93. The van der Waals surface area contributed by atoms with Crippen molar-refractivity contribution in [3.05, 3.63) is 23.8 Å². The van der Waals surface area contributed by atoms with E-state index in [1.807, 2.05) is 26.1 Å². The number of hydrogen-bond donors (Lipinski definition) is 1. The quantitative estimate of drug-likeness (QED) is 0.896. The van der Waals surface area contributed by atoms with Crippen molar-refractivity contribution in [2.75, 3.05) is 38.5 Å². The second-order valence-electron chi connectivity index (χ2n) is 6.04. The fraction of sp³-hybridized carbons (Fsp3) is 0.600. The molecule has 0 spiro atoms. The third kappa shape index (κ3) is 2.67. The highest BCUT2D eigenvalue weighted by atomic mass is 32.2. The van der Waals surface area contributed by atoms with Crippen molar-refractivity contribution in [1.82, 2.24) is 9.21 Å². The van der Waals surface area contributed by atoms with Crippen LogP contribution in [0.15, 0.2) is 23.1 Å². The smallest absolute Gasteiger partial charge is 0.243 e. The molecule has 1 atom stereocenters. The molecule has 0 bridgehead atoms. The molecule has 1 fully saturated rings. The maximum atomic E-state index is 13.1. The maximum Gasteiger partial charge on any atom is 0.243 e. The van der Waals surface area contributed by atoms with Crippen LogP contribution < -0.4 is 5.32 Å². The van der Waals surface area contributed by atoms with Gasteiger partial charge in [0.15, 0.2) is 0 Å². The number of nitrogens with one attached hydrogen (secondary N) is 1. The second kappa shape index (κ2) is 5.59. The number of sulfonamides is 1. The van der Waals surface area contributed by atoms with Crippen LogP contribution in [-0.2, 0) is 16.4 Å². The first-order valence-electron chi connectivity index (χ1n) is 7.56. The zero-order chi connectivity index (χ0) is 15.0. The zero-order valence-corrected chi connectivity index (χ0v) is 13.5. The van der Waals surface area contributed by atoms with Gasteiger partial charge in [-0.25, -0.2) is 8.42 Å². The molecule has 1 aromatic rings. The highest BCUT2D eigenvalue weighted by Crippen LogP contribution is 2.31. The van der Waals surface area contributed by atoms with E-state index in [9.17, 15) is 8.42 Å². The van der Waals surface area contributed by atoms with Crippen molar-refractivity contribution in [2.24, 2.45) is 0 Å². The molecule has 6 heteroatoms. The molecule has 1 unspecified atom stereocenters. The molecule has 2 aliphatic heterocycles. The predicted octanol–water partition coefficient (Wildman–Crippen LogP) is 1.37. The summed E-state index contributed by atoms with van der Waals surface area (Å²) in [6.07, 6.45) is 1.82. The normalized spacial score (nSPS) is 24.4. The first kappa shape index (κ1) is 14.8. The van der Waals surface area contributed by atoms with Gasteiger partial charge in [0.1, 0.15) is 0 Å². The van der Waals surface area contributed by atoms with E-state index >= 15 is 0 Å². The van der Waals surface area contributed by atoms with Crippen molar-refractivity contribution < 1.29 is 8.42 Å². The third-order valence-electron chi connectivity index (χ3n) is 4.41. The minimum absolute atomic E-state index is 0.0150. The lowest BCUT2D eigenvalue weighted by Gasteiger charge is -2.37. The zero-order valence-electron chi connectivity index (χ0n) is 12.7. The Morgan fingerprint density at radius 1 is 1.29 bits per heavy atom. The Kier molecular flexibility index (Phi) is 3.94. The van der Waals surface area contributed by atoms with Gasteiger partial charge in [-0.05, 0) is 44.5 Å². The fourth-order valence-electron chi connectivity index (χ4n) is 3.33. The molecule has 116 valence electrons. The van der Waals surface area contributed by atoms with Crippen LogP contribution in [0.25, 0.3) is 0 Å². The van der Waals surface area contributed by atoms with Gasteiger partial charge in [-0.3, -0.25) is 0 Å². The van der Waals surface area contributed by atoms with E-state index in [2.05, 4.69) is 10.2 Å². The van der Waals surface area contributed by atoms with Crippen LogP contribution in [0.1, 0.15) is 18.9 Å². The van der Waals surface area contributed by atoms with Gasteiger partial charge in [-0.15, -0.1) is 0 Å². The van der Waals surface area contributed by atoms with E-state index in [1.165, 1.54) is 0 Å². The van der Waals surface area contributed by atoms with E-state index < -0.39 is 10.0 Å². The van der Waals surface area contributed by atoms with Crippen molar-refractivity contribution in [1.29, 1.82) is 0 Å². The molecule has 0 aromatic heterocycles. The van der Waals surface area contributed by atoms with E-state index in [1.54, 1.807) is 10.4 Å². The van der Waals surface area contributed by atoms with Crippen LogP contribution in [0.2, 0.25) is 0 Å². The van der Waals surface area contributed by atoms with Crippen molar-refractivity contribution in [2.45, 2.75) is 30.7 Å². The van der Waals surface area contributed by atoms with Gasteiger partial charge >= 0.3 is 0 Å². The molecular weight excluding hydrogens is 286 g/mol. The van der Waals surface area contributed by atoms with Gasteiger partial charge in [-0.2, -0.15) is 4.31 Å². The molecule has 0 amide bonds. The molecule has 1 N–H and O–H groups in total. The van der Waals surface area contributed by atoms with Crippen LogP contribution in [0.5, 0.6) is 0 Å². The summed E-state index contributed by atoms with van der Waals surface area (Å²) in [6.45, 7) is 5.04. The molecule has 2 aliphatic rings. The lowest BCUT2D eigenvalue weighted by atomic mass is 10.0. The second-order valence-corrected chi connectivity index (χ2v) is 7.90. The summed E-state index contributed by atoms with van der Waals surface area (Å²) in [5, 5.41) is 3.31. The summed E-state index contributed by atoms with van der Waals surface area (Å²) in [6, 6.07) is 5.58. The Bertz CT molecular complexity index is 630. The Hall–Kier alpha value is -1.11. The van der Waals surface area contributed by atoms with Crippen LogP contribution in [-0.4, -0.2) is 56.9 Å².